The Morgan fingerprint density at radius 1 is 0.867 bits per heavy atom. The molecule has 1 fully saturated rings. The lowest BCUT2D eigenvalue weighted by Gasteiger charge is -2.35. The summed E-state index contributed by atoms with van der Waals surface area (Å²) < 4.78 is 27.8. The van der Waals surface area contributed by atoms with Gasteiger partial charge in [0, 0.05) is 32.4 Å². The van der Waals surface area contributed by atoms with Crippen LogP contribution in [0.4, 0.5) is 17.5 Å². The zero-order chi connectivity index (χ0) is 21.1. The molecule has 0 radical (unpaired) electrons. The second-order valence-corrected chi connectivity index (χ2v) is 8.97. The van der Waals surface area contributed by atoms with Crippen molar-refractivity contribution in [3.05, 3.63) is 66.1 Å². The van der Waals surface area contributed by atoms with E-state index in [0.717, 1.165) is 43.1 Å². The standard InChI is InChI=1S/C21H24N6O2S/c1-16-6-7-19(13-17(16)2)30(28,29)25-18-14-23-21(24-15-18)27-11-9-26(10-12-27)20-5-3-4-8-22-20/h3-8,13-15,25H,9-12H2,1-2H3. The van der Waals surface area contributed by atoms with Crippen LogP contribution in [0.15, 0.2) is 59.9 Å². The first-order valence-corrected chi connectivity index (χ1v) is 11.2. The van der Waals surface area contributed by atoms with Gasteiger partial charge in [-0.1, -0.05) is 12.1 Å². The first-order valence-electron chi connectivity index (χ1n) is 9.75. The van der Waals surface area contributed by atoms with E-state index >= 15 is 0 Å². The van der Waals surface area contributed by atoms with E-state index in [-0.39, 0.29) is 4.90 Å². The summed E-state index contributed by atoms with van der Waals surface area (Å²) >= 11 is 0. The summed E-state index contributed by atoms with van der Waals surface area (Å²) in [6.07, 6.45) is 4.81. The molecule has 1 aromatic carbocycles. The zero-order valence-electron chi connectivity index (χ0n) is 17.0. The van der Waals surface area contributed by atoms with Crippen LogP contribution in [0.1, 0.15) is 11.1 Å². The highest BCUT2D eigenvalue weighted by molar-refractivity contribution is 7.92. The molecule has 0 aliphatic carbocycles. The van der Waals surface area contributed by atoms with Gasteiger partial charge in [0.1, 0.15) is 5.82 Å². The lowest BCUT2D eigenvalue weighted by Crippen LogP contribution is -2.47. The molecule has 0 bridgehead atoms. The number of sulfonamides is 1. The zero-order valence-corrected chi connectivity index (χ0v) is 17.8. The molecule has 156 valence electrons. The van der Waals surface area contributed by atoms with E-state index in [4.69, 9.17) is 0 Å². The Bertz CT molecular complexity index is 1110. The van der Waals surface area contributed by atoms with E-state index in [1.54, 1.807) is 24.4 Å². The monoisotopic (exact) mass is 424 g/mol. The van der Waals surface area contributed by atoms with E-state index in [9.17, 15) is 8.42 Å². The molecule has 1 aliphatic heterocycles. The van der Waals surface area contributed by atoms with Gasteiger partial charge in [0.15, 0.2) is 0 Å². The molecule has 0 spiro atoms. The Hall–Kier alpha value is -3.20. The largest absolute Gasteiger partial charge is 0.353 e. The molecule has 4 rings (SSSR count). The highest BCUT2D eigenvalue weighted by Crippen LogP contribution is 2.20. The molecule has 2 aromatic heterocycles. The number of hydrogen-bond acceptors (Lipinski definition) is 7. The number of aromatic nitrogens is 3. The van der Waals surface area contributed by atoms with Crippen molar-refractivity contribution in [3.8, 4) is 0 Å². The van der Waals surface area contributed by atoms with Crippen molar-refractivity contribution >= 4 is 27.5 Å². The maximum atomic E-state index is 12.6. The normalized spacial score (nSPS) is 14.6. The molecule has 30 heavy (non-hydrogen) atoms. The summed E-state index contributed by atoms with van der Waals surface area (Å²) in [5.74, 6) is 1.55. The molecule has 0 amide bonds. The minimum absolute atomic E-state index is 0.223. The Balaban J connectivity index is 1.40. The minimum atomic E-state index is -3.69. The van der Waals surface area contributed by atoms with Crippen LogP contribution in [-0.2, 0) is 10.0 Å². The van der Waals surface area contributed by atoms with Crippen LogP contribution in [0.3, 0.4) is 0 Å². The molecule has 1 saturated heterocycles. The lowest BCUT2D eigenvalue weighted by molar-refractivity contribution is 0.601. The summed E-state index contributed by atoms with van der Waals surface area (Å²) in [7, 11) is -3.69. The maximum absolute atomic E-state index is 12.6. The van der Waals surface area contributed by atoms with Gasteiger partial charge >= 0.3 is 0 Å². The molecule has 3 aromatic rings. The highest BCUT2D eigenvalue weighted by Gasteiger charge is 2.20. The summed E-state index contributed by atoms with van der Waals surface area (Å²) in [5.41, 5.74) is 2.31. The molecule has 1 N–H and O–H groups in total. The molecule has 9 heteroatoms. The SMILES string of the molecule is Cc1ccc(S(=O)(=O)Nc2cnc(N3CCN(c4ccccn4)CC3)nc2)cc1C. The number of rotatable bonds is 5. The number of benzene rings is 1. The third kappa shape index (κ3) is 4.35. The molecule has 0 unspecified atom stereocenters. The van der Waals surface area contributed by atoms with Crippen molar-refractivity contribution in [1.29, 1.82) is 0 Å². The van der Waals surface area contributed by atoms with Crippen molar-refractivity contribution in [2.75, 3.05) is 40.7 Å². The molecule has 1 aliphatic rings. The van der Waals surface area contributed by atoms with Gasteiger partial charge in [0.2, 0.25) is 5.95 Å². The number of nitrogens with one attached hydrogen (secondary N) is 1. The van der Waals surface area contributed by atoms with E-state index < -0.39 is 10.0 Å². The van der Waals surface area contributed by atoms with Crippen molar-refractivity contribution in [2.24, 2.45) is 0 Å². The average molecular weight is 425 g/mol. The first-order chi connectivity index (χ1) is 14.4. The van der Waals surface area contributed by atoms with Crippen LogP contribution >= 0.6 is 0 Å². The van der Waals surface area contributed by atoms with Crippen molar-refractivity contribution < 1.29 is 8.42 Å². The summed E-state index contributed by atoms with van der Waals surface area (Å²) in [6.45, 7) is 7.01. The van der Waals surface area contributed by atoms with Crippen molar-refractivity contribution in [1.82, 2.24) is 15.0 Å². The lowest BCUT2D eigenvalue weighted by atomic mass is 10.1. The molecular weight excluding hydrogens is 400 g/mol. The third-order valence-corrected chi connectivity index (χ3v) is 6.59. The fourth-order valence-electron chi connectivity index (χ4n) is 3.31. The Morgan fingerprint density at radius 2 is 1.57 bits per heavy atom. The smallest absolute Gasteiger partial charge is 0.262 e. The quantitative estimate of drug-likeness (QED) is 0.673. The number of piperazine rings is 1. The maximum Gasteiger partial charge on any atom is 0.262 e. The topological polar surface area (TPSA) is 91.3 Å². The predicted molar refractivity (Wildman–Crippen MR) is 117 cm³/mol. The molecular formula is C21H24N6O2S. The van der Waals surface area contributed by atoms with Crippen LogP contribution < -0.4 is 14.5 Å². The molecule has 0 atom stereocenters. The Morgan fingerprint density at radius 3 is 2.20 bits per heavy atom. The fourth-order valence-corrected chi connectivity index (χ4v) is 4.42. The van der Waals surface area contributed by atoms with Gasteiger partial charge in [0.25, 0.3) is 10.0 Å². The van der Waals surface area contributed by atoms with Gasteiger partial charge < -0.3 is 9.80 Å². The van der Waals surface area contributed by atoms with Gasteiger partial charge in [-0.3, -0.25) is 4.72 Å². The predicted octanol–water partition coefficient (Wildman–Crippen LogP) is 2.62. The highest BCUT2D eigenvalue weighted by atomic mass is 32.2. The number of aryl methyl sites for hydroxylation is 2. The van der Waals surface area contributed by atoms with Gasteiger partial charge in [-0.2, -0.15) is 0 Å². The number of hydrogen-bond donors (Lipinski definition) is 1. The average Bonchev–Trinajstić information content (AvgIpc) is 2.77. The van der Waals surface area contributed by atoms with Crippen LogP contribution in [0, 0.1) is 13.8 Å². The van der Waals surface area contributed by atoms with E-state index in [2.05, 4.69) is 29.5 Å². The van der Waals surface area contributed by atoms with Gasteiger partial charge in [-0.05, 0) is 49.2 Å². The summed E-state index contributed by atoms with van der Waals surface area (Å²) in [5, 5.41) is 0. The third-order valence-electron chi connectivity index (χ3n) is 5.21. The number of nitrogens with zero attached hydrogens (tertiary/aromatic N) is 5. The molecule has 8 nitrogen and oxygen atoms in total. The van der Waals surface area contributed by atoms with E-state index in [1.807, 2.05) is 32.0 Å². The number of pyridine rings is 1. The van der Waals surface area contributed by atoms with Crippen LogP contribution in [0.5, 0.6) is 0 Å². The Kier molecular flexibility index (Phi) is 5.54. The van der Waals surface area contributed by atoms with Gasteiger partial charge in [-0.25, -0.2) is 23.4 Å². The van der Waals surface area contributed by atoms with Crippen LogP contribution in [-0.4, -0.2) is 49.5 Å². The second kappa shape index (κ2) is 8.27. The van der Waals surface area contributed by atoms with Crippen molar-refractivity contribution in [3.63, 3.8) is 0 Å². The molecule has 3 heterocycles. The minimum Gasteiger partial charge on any atom is -0.353 e. The van der Waals surface area contributed by atoms with Gasteiger partial charge in [0.05, 0.1) is 23.0 Å². The van der Waals surface area contributed by atoms with Crippen molar-refractivity contribution in [2.45, 2.75) is 18.7 Å². The van der Waals surface area contributed by atoms with Crippen LogP contribution in [0.2, 0.25) is 0 Å². The number of anilines is 3. The summed E-state index contributed by atoms with van der Waals surface area (Å²) in [6, 6.07) is 10.9. The van der Waals surface area contributed by atoms with Crippen LogP contribution in [0.25, 0.3) is 0 Å². The fraction of sp³-hybridized carbons (Fsp3) is 0.286. The Labute approximate surface area is 176 Å². The molecule has 0 saturated carbocycles. The first kappa shape index (κ1) is 20.1. The van der Waals surface area contributed by atoms with E-state index in [0.29, 0.717) is 11.6 Å². The summed E-state index contributed by atoms with van der Waals surface area (Å²) in [4.78, 5) is 17.7. The second-order valence-electron chi connectivity index (χ2n) is 7.29. The van der Waals surface area contributed by atoms with Gasteiger partial charge in [-0.15, -0.1) is 0 Å². The van der Waals surface area contributed by atoms with E-state index in [1.165, 1.54) is 12.4 Å².